The molecule has 0 saturated heterocycles. The van der Waals surface area contributed by atoms with Crippen LogP contribution in [0.1, 0.15) is 25.6 Å². The van der Waals surface area contributed by atoms with Gasteiger partial charge in [-0.2, -0.15) is 0 Å². The Morgan fingerprint density at radius 2 is 2.11 bits per heavy atom. The molecule has 1 aliphatic rings. The van der Waals surface area contributed by atoms with E-state index >= 15 is 0 Å². The molecule has 1 aromatic carbocycles. The molecule has 0 atom stereocenters. The van der Waals surface area contributed by atoms with Crippen molar-refractivity contribution in [1.29, 1.82) is 0 Å². The van der Waals surface area contributed by atoms with Crippen LogP contribution in [-0.2, 0) is 6.54 Å². The second kappa shape index (κ2) is 5.29. The Morgan fingerprint density at radius 1 is 1.30 bits per heavy atom. The van der Waals surface area contributed by atoms with E-state index in [1.165, 1.54) is 17.0 Å². The van der Waals surface area contributed by atoms with Gasteiger partial charge in [0.25, 0.3) is 0 Å². The Balaban J connectivity index is 2.01. The molecule has 1 aliphatic heterocycles. The first-order chi connectivity index (χ1) is 13.0. The zero-order valence-corrected chi connectivity index (χ0v) is 14.8. The SMILES string of the molecule is CC(C)n1c2c(c3c(N)ncnc31)-c1cc3c(F)cccc3n1C(=O)NC2. The molecule has 27 heavy (non-hydrogen) atoms. The molecule has 1 amide bonds. The summed E-state index contributed by atoms with van der Waals surface area (Å²) in [5.74, 6) is -0.0403. The molecule has 0 bridgehead atoms. The number of halogens is 1. The van der Waals surface area contributed by atoms with Crippen molar-refractivity contribution in [1.82, 2.24) is 24.4 Å². The van der Waals surface area contributed by atoms with E-state index in [1.807, 2.05) is 18.4 Å². The van der Waals surface area contributed by atoms with Gasteiger partial charge in [0.1, 0.15) is 23.6 Å². The minimum absolute atomic E-state index is 0.0927. The van der Waals surface area contributed by atoms with Crippen LogP contribution in [0, 0.1) is 5.82 Å². The maximum absolute atomic E-state index is 14.4. The normalized spacial score (nSPS) is 13.7. The van der Waals surface area contributed by atoms with Gasteiger partial charge in [-0.05, 0) is 32.0 Å². The first kappa shape index (κ1) is 15.8. The number of aromatic nitrogens is 4. The fourth-order valence-corrected chi connectivity index (χ4v) is 4.05. The summed E-state index contributed by atoms with van der Waals surface area (Å²) in [6, 6.07) is 6.20. The summed E-state index contributed by atoms with van der Waals surface area (Å²) in [4.78, 5) is 21.4. The van der Waals surface area contributed by atoms with Crippen molar-refractivity contribution < 1.29 is 9.18 Å². The lowest BCUT2D eigenvalue weighted by Crippen LogP contribution is -2.27. The van der Waals surface area contributed by atoms with E-state index in [-0.39, 0.29) is 17.9 Å². The van der Waals surface area contributed by atoms with Gasteiger partial charge >= 0.3 is 6.03 Å². The Hall–Kier alpha value is -3.42. The third-order valence-electron chi connectivity index (χ3n) is 5.09. The highest BCUT2D eigenvalue weighted by Gasteiger charge is 2.30. The van der Waals surface area contributed by atoms with Crippen molar-refractivity contribution in [2.24, 2.45) is 0 Å². The Bertz CT molecular complexity index is 1250. The average Bonchev–Trinajstić information content (AvgIpc) is 3.13. The summed E-state index contributed by atoms with van der Waals surface area (Å²) < 4.78 is 18.0. The monoisotopic (exact) mass is 364 g/mol. The molecule has 3 aromatic heterocycles. The maximum Gasteiger partial charge on any atom is 0.326 e. The highest BCUT2D eigenvalue weighted by Crippen LogP contribution is 2.41. The molecule has 0 unspecified atom stereocenters. The third kappa shape index (κ3) is 1.98. The van der Waals surface area contributed by atoms with Crippen LogP contribution in [0.25, 0.3) is 33.2 Å². The van der Waals surface area contributed by atoms with Gasteiger partial charge in [-0.1, -0.05) is 6.07 Å². The molecule has 0 saturated carbocycles. The molecule has 5 rings (SSSR count). The zero-order valence-electron chi connectivity index (χ0n) is 14.8. The van der Waals surface area contributed by atoms with Crippen LogP contribution >= 0.6 is 0 Å². The van der Waals surface area contributed by atoms with Gasteiger partial charge in [-0.15, -0.1) is 0 Å². The zero-order chi connectivity index (χ0) is 18.9. The van der Waals surface area contributed by atoms with Crippen LogP contribution in [0.3, 0.4) is 0 Å². The first-order valence-electron chi connectivity index (χ1n) is 8.70. The number of nitrogen functional groups attached to an aromatic ring is 1. The average molecular weight is 364 g/mol. The summed E-state index contributed by atoms with van der Waals surface area (Å²) in [5.41, 5.74) is 9.66. The number of rotatable bonds is 1. The number of nitrogens with two attached hydrogens (primary N) is 1. The van der Waals surface area contributed by atoms with Crippen LogP contribution in [-0.4, -0.2) is 25.1 Å². The number of carbonyl (C=O) groups excluding carboxylic acids is 1. The molecular weight excluding hydrogens is 347 g/mol. The lowest BCUT2D eigenvalue weighted by atomic mass is 10.1. The number of benzene rings is 1. The molecule has 4 aromatic rings. The second-order valence-electron chi connectivity index (χ2n) is 6.94. The van der Waals surface area contributed by atoms with Crippen molar-refractivity contribution in [2.45, 2.75) is 26.4 Å². The fourth-order valence-electron chi connectivity index (χ4n) is 4.05. The topological polar surface area (TPSA) is 90.8 Å². The van der Waals surface area contributed by atoms with E-state index in [0.29, 0.717) is 40.0 Å². The number of nitrogens with zero attached hydrogens (tertiary/aromatic N) is 4. The maximum atomic E-state index is 14.4. The van der Waals surface area contributed by atoms with Gasteiger partial charge in [-0.25, -0.2) is 19.2 Å². The van der Waals surface area contributed by atoms with Crippen LogP contribution in [0.15, 0.2) is 30.6 Å². The summed E-state index contributed by atoms with van der Waals surface area (Å²) in [6.07, 6.45) is 1.43. The lowest BCUT2D eigenvalue weighted by Gasteiger charge is -2.14. The molecule has 3 N–H and O–H groups in total. The largest absolute Gasteiger partial charge is 0.383 e. The van der Waals surface area contributed by atoms with Crippen LogP contribution < -0.4 is 11.1 Å². The molecule has 7 nitrogen and oxygen atoms in total. The number of hydrogen-bond donors (Lipinski definition) is 2. The number of nitrogens with one attached hydrogen (secondary N) is 1. The number of hydrogen-bond acceptors (Lipinski definition) is 4. The minimum Gasteiger partial charge on any atom is -0.383 e. The standard InChI is InChI=1S/C19H17FN6O/c1-9(2)25-14-7-22-19(27)26-12-5-3-4-11(20)10(12)6-13(26)15(14)16-17(21)23-8-24-18(16)25/h3-6,8-9H,7H2,1-2H3,(H,22,27)(H2,21,23,24). The van der Waals surface area contributed by atoms with Gasteiger partial charge in [0.05, 0.1) is 23.1 Å². The molecule has 136 valence electrons. The van der Waals surface area contributed by atoms with E-state index < -0.39 is 0 Å². The van der Waals surface area contributed by atoms with Gasteiger partial charge in [-0.3, -0.25) is 4.57 Å². The Kier molecular flexibility index (Phi) is 3.10. The first-order valence-corrected chi connectivity index (χ1v) is 8.70. The number of carbonyl (C=O) groups is 1. The molecule has 0 spiro atoms. The second-order valence-corrected chi connectivity index (χ2v) is 6.94. The Morgan fingerprint density at radius 3 is 2.89 bits per heavy atom. The predicted octanol–water partition coefficient (Wildman–Crippen LogP) is 3.43. The summed E-state index contributed by atoms with van der Waals surface area (Å²) >= 11 is 0. The number of amides is 1. The molecule has 8 heteroatoms. The molecule has 0 radical (unpaired) electrons. The van der Waals surface area contributed by atoms with Gasteiger partial charge in [0, 0.05) is 22.7 Å². The molecule has 4 heterocycles. The molecule has 0 fully saturated rings. The van der Waals surface area contributed by atoms with Crippen molar-refractivity contribution in [3.63, 3.8) is 0 Å². The lowest BCUT2D eigenvalue weighted by molar-refractivity contribution is 0.243. The van der Waals surface area contributed by atoms with E-state index in [4.69, 9.17) is 5.73 Å². The van der Waals surface area contributed by atoms with E-state index in [0.717, 1.165) is 11.3 Å². The number of anilines is 1. The van der Waals surface area contributed by atoms with E-state index in [9.17, 15) is 9.18 Å². The van der Waals surface area contributed by atoms with Gasteiger partial charge < -0.3 is 15.6 Å². The van der Waals surface area contributed by atoms with Crippen molar-refractivity contribution >= 4 is 33.8 Å². The number of fused-ring (bicyclic) bond motifs is 7. The predicted molar refractivity (Wildman–Crippen MR) is 101 cm³/mol. The van der Waals surface area contributed by atoms with Crippen molar-refractivity contribution in [2.75, 3.05) is 5.73 Å². The van der Waals surface area contributed by atoms with Gasteiger partial charge in [0.15, 0.2) is 0 Å². The van der Waals surface area contributed by atoms with Crippen LogP contribution in [0.4, 0.5) is 15.0 Å². The smallest absolute Gasteiger partial charge is 0.326 e. The van der Waals surface area contributed by atoms with Crippen molar-refractivity contribution in [3.05, 3.63) is 42.1 Å². The van der Waals surface area contributed by atoms with E-state index in [2.05, 4.69) is 15.3 Å². The molecule has 0 aliphatic carbocycles. The van der Waals surface area contributed by atoms with Crippen LogP contribution in [0.5, 0.6) is 0 Å². The summed E-state index contributed by atoms with van der Waals surface area (Å²) in [5, 5.41) is 3.99. The third-order valence-corrected chi connectivity index (χ3v) is 5.09. The summed E-state index contributed by atoms with van der Waals surface area (Å²) in [6.45, 7) is 4.40. The Labute approximate surface area is 153 Å². The highest BCUT2D eigenvalue weighted by molar-refractivity contribution is 6.08. The van der Waals surface area contributed by atoms with Crippen LogP contribution in [0.2, 0.25) is 0 Å². The van der Waals surface area contributed by atoms with Crippen molar-refractivity contribution in [3.8, 4) is 11.3 Å². The molecular formula is C19H17FN6O. The fraction of sp³-hybridized carbons (Fsp3) is 0.211. The summed E-state index contributed by atoms with van der Waals surface area (Å²) in [7, 11) is 0. The van der Waals surface area contributed by atoms with E-state index in [1.54, 1.807) is 18.2 Å². The quantitative estimate of drug-likeness (QED) is 0.541. The highest BCUT2D eigenvalue weighted by atomic mass is 19.1. The minimum atomic E-state index is -0.376. The van der Waals surface area contributed by atoms with Gasteiger partial charge in [0.2, 0.25) is 0 Å².